The molecule has 1 rings (SSSR count). The fraction of sp³-hybridized carbons (Fsp3) is 0.846. The topological polar surface area (TPSA) is 29.3 Å². The summed E-state index contributed by atoms with van der Waals surface area (Å²) in [5.41, 5.74) is 5.46. The zero-order valence-corrected chi connectivity index (χ0v) is 9.96. The molecule has 0 aliphatic heterocycles. The van der Waals surface area contributed by atoms with Crippen LogP contribution in [0.2, 0.25) is 0 Å². The highest BCUT2D eigenvalue weighted by Gasteiger charge is 2.27. The van der Waals surface area contributed by atoms with Gasteiger partial charge in [0, 0.05) is 12.6 Å². The Morgan fingerprint density at radius 3 is 2.40 bits per heavy atom. The molecule has 0 aromatic carbocycles. The lowest BCUT2D eigenvalue weighted by atomic mass is 10.1. The summed E-state index contributed by atoms with van der Waals surface area (Å²) in [4.78, 5) is 2.58. The van der Waals surface area contributed by atoms with Crippen LogP contribution in [0.1, 0.15) is 44.9 Å². The van der Waals surface area contributed by atoms with Crippen molar-refractivity contribution >= 4 is 0 Å². The zero-order valence-electron chi connectivity index (χ0n) is 9.96. The highest BCUT2D eigenvalue weighted by molar-refractivity contribution is 4.87. The van der Waals surface area contributed by atoms with E-state index in [1.54, 1.807) is 0 Å². The van der Waals surface area contributed by atoms with E-state index >= 15 is 0 Å². The maximum atomic E-state index is 5.46. The Morgan fingerprint density at radius 1 is 1.13 bits per heavy atom. The molecule has 0 radical (unpaired) electrons. The van der Waals surface area contributed by atoms with E-state index in [2.05, 4.69) is 11.5 Å². The lowest BCUT2D eigenvalue weighted by Gasteiger charge is -2.19. The summed E-state index contributed by atoms with van der Waals surface area (Å²) in [6.07, 6.45) is 11.4. The fourth-order valence-electron chi connectivity index (χ4n) is 2.02. The number of nitrogens with zero attached hydrogens (tertiary/aromatic N) is 1. The molecule has 0 unspecified atom stereocenters. The number of hydrogen-bond acceptors (Lipinski definition) is 2. The van der Waals surface area contributed by atoms with E-state index in [0.717, 1.165) is 19.1 Å². The van der Waals surface area contributed by atoms with Crippen molar-refractivity contribution in [3.05, 3.63) is 12.7 Å². The third kappa shape index (κ3) is 5.95. The van der Waals surface area contributed by atoms with Gasteiger partial charge in [-0.2, -0.15) is 0 Å². The minimum absolute atomic E-state index is 0.852. The Morgan fingerprint density at radius 2 is 1.80 bits per heavy atom. The molecule has 0 atom stereocenters. The van der Waals surface area contributed by atoms with E-state index < -0.39 is 0 Å². The average Bonchev–Trinajstić information content (AvgIpc) is 3.05. The summed E-state index contributed by atoms with van der Waals surface area (Å²) in [7, 11) is 0. The van der Waals surface area contributed by atoms with Crippen molar-refractivity contribution < 1.29 is 0 Å². The van der Waals surface area contributed by atoms with Crippen LogP contribution in [0.15, 0.2) is 12.7 Å². The van der Waals surface area contributed by atoms with Crippen molar-refractivity contribution in [1.29, 1.82) is 0 Å². The molecular formula is C13H26N2. The monoisotopic (exact) mass is 210 g/mol. The Kier molecular flexibility index (Phi) is 6.69. The van der Waals surface area contributed by atoms with Crippen LogP contribution in [-0.4, -0.2) is 30.6 Å². The predicted octanol–water partition coefficient (Wildman–Crippen LogP) is 2.55. The molecule has 15 heavy (non-hydrogen) atoms. The van der Waals surface area contributed by atoms with Gasteiger partial charge in [-0.15, -0.1) is 6.58 Å². The molecule has 1 aliphatic carbocycles. The largest absolute Gasteiger partial charge is 0.330 e. The predicted molar refractivity (Wildman–Crippen MR) is 66.9 cm³/mol. The van der Waals surface area contributed by atoms with E-state index in [9.17, 15) is 0 Å². The van der Waals surface area contributed by atoms with Gasteiger partial charge in [-0.25, -0.2) is 0 Å². The second-order valence-corrected chi connectivity index (χ2v) is 4.57. The van der Waals surface area contributed by atoms with Gasteiger partial charge in [-0.3, -0.25) is 4.90 Å². The van der Waals surface area contributed by atoms with E-state index in [-0.39, 0.29) is 0 Å². The standard InChI is InChI=1S/C13H26N2/c1-2-11-15(13-8-9-13)12-7-5-3-4-6-10-14/h2,13H,1,3-12,14H2. The summed E-state index contributed by atoms with van der Waals surface area (Å²) in [5.74, 6) is 0. The minimum Gasteiger partial charge on any atom is -0.330 e. The van der Waals surface area contributed by atoms with Crippen molar-refractivity contribution in [3.8, 4) is 0 Å². The van der Waals surface area contributed by atoms with E-state index in [0.29, 0.717) is 0 Å². The van der Waals surface area contributed by atoms with Crippen LogP contribution < -0.4 is 5.73 Å². The molecule has 0 aromatic rings. The zero-order chi connectivity index (χ0) is 10.9. The number of nitrogens with two attached hydrogens (primary N) is 1. The van der Waals surface area contributed by atoms with Crippen LogP contribution in [0.3, 0.4) is 0 Å². The highest BCUT2D eigenvalue weighted by atomic mass is 15.2. The van der Waals surface area contributed by atoms with Crippen molar-refractivity contribution in [1.82, 2.24) is 4.90 Å². The summed E-state index contributed by atoms with van der Waals surface area (Å²) < 4.78 is 0. The molecule has 0 spiro atoms. The van der Waals surface area contributed by atoms with Crippen LogP contribution in [0.25, 0.3) is 0 Å². The van der Waals surface area contributed by atoms with Gasteiger partial charge in [0.15, 0.2) is 0 Å². The average molecular weight is 210 g/mol. The van der Waals surface area contributed by atoms with Gasteiger partial charge in [0.2, 0.25) is 0 Å². The fourth-order valence-corrected chi connectivity index (χ4v) is 2.02. The van der Waals surface area contributed by atoms with Gasteiger partial charge in [-0.05, 0) is 38.8 Å². The Bertz CT molecular complexity index is 164. The first-order chi connectivity index (χ1) is 7.38. The van der Waals surface area contributed by atoms with Gasteiger partial charge in [0.1, 0.15) is 0 Å². The van der Waals surface area contributed by atoms with Crippen LogP contribution in [0.5, 0.6) is 0 Å². The molecule has 1 aliphatic rings. The maximum absolute atomic E-state index is 5.46. The molecule has 1 fully saturated rings. The molecule has 2 N–H and O–H groups in total. The third-order valence-corrected chi connectivity index (χ3v) is 3.08. The van der Waals surface area contributed by atoms with Crippen molar-refractivity contribution in [3.63, 3.8) is 0 Å². The third-order valence-electron chi connectivity index (χ3n) is 3.08. The van der Waals surface area contributed by atoms with E-state index in [1.807, 2.05) is 6.08 Å². The molecule has 0 saturated heterocycles. The number of unbranched alkanes of at least 4 members (excludes halogenated alkanes) is 4. The van der Waals surface area contributed by atoms with Gasteiger partial charge in [0.05, 0.1) is 0 Å². The van der Waals surface area contributed by atoms with Crippen molar-refractivity contribution in [2.75, 3.05) is 19.6 Å². The smallest absolute Gasteiger partial charge is 0.0163 e. The molecule has 0 bridgehead atoms. The van der Waals surface area contributed by atoms with Crippen LogP contribution in [0, 0.1) is 0 Å². The number of hydrogen-bond donors (Lipinski definition) is 1. The molecule has 2 heteroatoms. The molecule has 0 amide bonds. The van der Waals surface area contributed by atoms with Gasteiger partial charge in [-0.1, -0.05) is 25.3 Å². The highest BCUT2D eigenvalue weighted by Crippen LogP contribution is 2.26. The summed E-state index contributed by atoms with van der Waals surface area (Å²) >= 11 is 0. The molecular weight excluding hydrogens is 184 g/mol. The first-order valence-electron chi connectivity index (χ1n) is 6.43. The van der Waals surface area contributed by atoms with Crippen LogP contribution in [0.4, 0.5) is 0 Å². The Balaban J connectivity index is 1.94. The molecule has 1 saturated carbocycles. The van der Waals surface area contributed by atoms with E-state index in [4.69, 9.17) is 5.73 Å². The van der Waals surface area contributed by atoms with Crippen molar-refractivity contribution in [2.24, 2.45) is 5.73 Å². The van der Waals surface area contributed by atoms with Gasteiger partial charge >= 0.3 is 0 Å². The SMILES string of the molecule is C=CCN(CCCCCCCN)C1CC1. The first kappa shape index (κ1) is 12.7. The normalized spacial score (nSPS) is 15.9. The van der Waals surface area contributed by atoms with Crippen molar-refractivity contribution in [2.45, 2.75) is 51.0 Å². The van der Waals surface area contributed by atoms with Crippen LogP contribution in [-0.2, 0) is 0 Å². The first-order valence-corrected chi connectivity index (χ1v) is 6.43. The molecule has 0 aromatic heterocycles. The quantitative estimate of drug-likeness (QED) is 0.443. The van der Waals surface area contributed by atoms with Gasteiger partial charge < -0.3 is 5.73 Å². The Hall–Kier alpha value is -0.340. The summed E-state index contributed by atoms with van der Waals surface area (Å²) in [6, 6.07) is 0.882. The lowest BCUT2D eigenvalue weighted by molar-refractivity contribution is 0.284. The Labute approximate surface area is 94.5 Å². The number of rotatable bonds is 10. The summed E-state index contributed by atoms with van der Waals surface area (Å²) in [6.45, 7) is 7.02. The maximum Gasteiger partial charge on any atom is 0.0163 e. The second kappa shape index (κ2) is 7.89. The van der Waals surface area contributed by atoms with Crippen LogP contribution >= 0.6 is 0 Å². The molecule has 2 nitrogen and oxygen atoms in total. The minimum atomic E-state index is 0.852. The molecule has 0 heterocycles. The molecule has 88 valence electrons. The van der Waals surface area contributed by atoms with E-state index in [1.165, 1.54) is 51.5 Å². The second-order valence-electron chi connectivity index (χ2n) is 4.57. The summed E-state index contributed by atoms with van der Waals surface area (Å²) in [5, 5.41) is 0. The lowest BCUT2D eigenvalue weighted by Crippen LogP contribution is -2.27. The van der Waals surface area contributed by atoms with Gasteiger partial charge in [0.25, 0.3) is 0 Å².